The van der Waals surface area contributed by atoms with Gasteiger partial charge in [0.2, 0.25) is 0 Å². The van der Waals surface area contributed by atoms with Crippen LogP contribution >= 0.6 is 0 Å². The number of nitrogens with zero attached hydrogens (tertiary/aromatic N) is 2. The van der Waals surface area contributed by atoms with Gasteiger partial charge in [-0.25, -0.2) is 0 Å². The first kappa shape index (κ1) is 14.9. The summed E-state index contributed by atoms with van der Waals surface area (Å²) < 4.78 is 0. The Morgan fingerprint density at radius 2 is 1.13 bits per heavy atom. The smallest absolute Gasteiger partial charge is 0.0888 e. The van der Waals surface area contributed by atoms with Gasteiger partial charge in [-0.15, -0.1) is 0 Å². The van der Waals surface area contributed by atoms with E-state index in [2.05, 4.69) is 29.0 Å². The Morgan fingerprint density at radius 3 is 1.70 bits per heavy atom. The van der Waals surface area contributed by atoms with Gasteiger partial charge in [0.1, 0.15) is 0 Å². The summed E-state index contributed by atoms with van der Waals surface area (Å²) in [6.07, 6.45) is 3.74. The normalized spacial score (nSPS) is 11.3. The van der Waals surface area contributed by atoms with Crippen LogP contribution in [0.5, 0.6) is 0 Å². The van der Waals surface area contributed by atoms with Gasteiger partial charge in [-0.2, -0.15) is 0 Å². The van der Waals surface area contributed by atoms with Gasteiger partial charge in [-0.05, 0) is 35.7 Å². The molecule has 0 aromatic heterocycles. The first-order valence-electron chi connectivity index (χ1n) is 7.60. The van der Waals surface area contributed by atoms with Crippen molar-refractivity contribution in [2.75, 3.05) is 0 Å². The fourth-order valence-electron chi connectivity index (χ4n) is 2.21. The van der Waals surface area contributed by atoms with E-state index in [1.807, 2.05) is 79.2 Å². The van der Waals surface area contributed by atoms with E-state index in [9.17, 15) is 0 Å². The van der Waals surface area contributed by atoms with Crippen molar-refractivity contribution in [2.45, 2.75) is 6.92 Å². The molecule has 0 unspecified atom stereocenters. The summed E-state index contributed by atoms with van der Waals surface area (Å²) in [7, 11) is 0. The lowest BCUT2D eigenvalue weighted by atomic mass is 10.2. The Hall–Kier alpha value is -3.00. The molecule has 0 N–H and O–H groups in total. The standard InChI is InChI=1S/C21H18N2/c1-17-12-13-20(22-15-18-8-4-2-5-9-18)21(14-17)23-16-19-10-6-3-7-11-19/h2-16H,1H3. The lowest BCUT2D eigenvalue weighted by molar-refractivity contribution is 1.39. The molecule has 2 nitrogen and oxygen atoms in total. The summed E-state index contributed by atoms with van der Waals surface area (Å²) in [6, 6.07) is 26.3. The van der Waals surface area contributed by atoms with Crippen LogP contribution in [0, 0.1) is 6.92 Å². The van der Waals surface area contributed by atoms with E-state index in [1.54, 1.807) is 0 Å². The molecule has 112 valence electrons. The molecule has 0 radical (unpaired) electrons. The largest absolute Gasteiger partial charge is 0.254 e. The number of aliphatic imine (C=N–C) groups is 2. The van der Waals surface area contributed by atoms with E-state index in [-0.39, 0.29) is 0 Å². The van der Waals surface area contributed by atoms with Crippen molar-refractivity contribution < 1.29 is 0 Å². The maximum Gasteiger partial charge on any atom is 0.0888 e. The minimum absolute atomic E-state index is 0.867. The second-order valence-electron chi connectivity index (χ2n) is 5.33. The molecule has 0 spiro atoms. The minimum Gasteiger partial charge on any atom is -0.254 e. The average molecular weight is 298 g/mol. The molecule has 0 amide bonds. The summed E-state index contributed by atoms with van der Waals surface area (Å²) in [6.45, 7) is 2.06. The maximum atomic E-state index is 4.61. The molecule has 0 fully saturated rings. The number of hydrogen-bond acceptors (Lipinski definition) is 2. The van der Waals surface area contributed by atoms with Crippen molar-refractivity contribution in [1.29, 1.82) is 0 Å². The summed E-state index contributed by atoms with van der Waals surface area (Å²) in [5, 5.41) is 0. The minimum atomic E-state index is 0.867. The van der Waals surface area contributed by atoms with E-state index >= 15 is 0 Å². The molecular weight excluding hydrogens is 280 g/mol. The van der Waals surface area contributed by atoms with Crippen LogP contribution in [0.15, 0.2) is 88.8 Å². The number of aryl methyl sites for hydroxylation is 1. The Labute approximate surface area is 136 Å². The molecule has 2 heteroatoms. The summed E-state index contributed by atoms with van der Waals surface area (Å²) in [4.78, 5) is 9.20. The van der Waals surface area contributed by atoms with Crippen LogP contribution in [0.3, 0.4) is 0 Å². The second-order valence-corrected chi connectivity index (χ2v) is 5.33. The Bertz CT molecular complexity index is 819. The van der Waals surface area contributed by atoms with E-state index in [1.165, 1.54) is 5.56 Å². The number of hydrogen-bond donors (Lipinski definition) is 0. The summed E-state index contributed by atoms with van der Waals surface area (Å²) in [5.74, 6) is 0. The molecular formula is C21H18N2. The average Bonchev–Trinajstić information content (AvgIpc) is 2.61. The number of benzene rings is 3. The molecule has 3 aromatic carbocycles. The van der Waals surface area contributed by atoms with Gasteiger partial charge in [0.25, 0.3) is 0 Å². The van der Waals surface area contributed by atoms with Crippen molar-refractivity contribution in [3.05, 3.63) is 95.6 Å². The third-order valence-electron chi connectivity index (χ3n) is 3.44. The first-order valence-corrected chi connectivity index (χ1v) is 7.60. The van der Waals surface area contributed by atoms with E-state index in [0.717, 1.165) is 22.5 Å². The lowest BCUT2D eigenvalue weighted by Gasteiger charge is -2.02. The van der Waals surface area contributed by atoms with Gasteiger partial charge in [0.05, 0.1) is 11.4 Å². The van der Waals surface area contributed by atoms with Gasteiger partial charge in [-0.1, -0.05) is 66.7 Å². The molecule has 3 aromatic rings. The van der Waals surface area contributed by atoms with Gasteiger partial charge in [-0.3, -0.25) is 9.98 Å². The fraction of sp³-hybridized carbons (Fsp3) is 0.0476. The zero-order chi connectivity index (χ0) is 15.9. The first-order chi connectivity index (χ1) is 11.3. The molecule has 0 aliphatic heterocycles. The Morgan fingerprint density at radius 1 is 0.609 bits per heavy atom. The monoisotopic (exact) mass is 298 g/mol. The number of rotatable bonds is 4. The lowest BCUT2D eigenvalue weighted by Crippen LogP contribution is -1.81. The van der Waals surface area contributed by atoms with Crippen molar-refractivity contribution in [2.24, 2.45) is 9.98 Å². The summed E-state index contributed by atoms with van der Waals surface area (Å²) >= 11 is 0. The van der Waals surface area contributed by atoms with Crippen LogP contribution in [-0.2, 0) is 0 Å². The summed E-state index contributed by atoms with van der Waals surface area (Å²) in [5.41, 5.74) is 5.06. The molecule has 0 atom stereocenters. The van der Waals surface area contributed by atoms with Gasteiger partial charge >= 0.3 is 0 Å². The van der Waals surface area contributed by atoms with Crippen molar-refractivity contribution >= 4 is 23.8 Å². The third-order valence-corrected chi connectivity index (χ3v) is 3.44. The molecule has 0 aliphatic rings. The molecule has 3 rings (SSSR count). The SMILES string of the molecule is Cc1ccc(N=Cc2ccccc2)c(N=Cc2ccccc2)c1. The van der Waals surface area contributed by atoms with E-state index < -0.39 is 0 Å². The predicted molar refractivity (Wildman–Crippen MR) is 98.6 cm³/mol. The highest BCUT2D eigenvalue weighted by Gasteiger charge is 1.99. The van der Waals surface area contributed by atoms with Crippen LogP contribution in [0.4, 0.5) is 11.4 Å². The predicted octanol–water partition coefficient (Wildman–Crippen LogP) is 5.50. The van der Waals surface area contributed by atoms with Gasteiger partial charge in [0, 0.05) is 12.4 Å². The van der Waals surface area contributed by atoms with Gasteiger partial charge < -0.3 is 0 Å². The van der Waals surface area contributed by atoms with E-state index in [4.69, 9.17) is 0 Å². The molecule has 0 saturated carbocycles. The second kappa shape index (κ2) is 7.32. The molecule has 0 aliphatic carbocycles. The maximum absolute atomic E-state index is 4.61. The zero-order valence-corrected chi connectivity index (χ0v) is 13.1. The quantitative estimate of drug-likeness (QED) is 0.568. The zero-order valence-electron chi connectivity index (χ0n) is 13.1. The highest BCUT2D eigenvalue weighted by Crippen LogP contribution is 2.28. The van der Waals surface area contributed by atoms with Gasteiger partial charge in [0.15, 0.2) is 0 Å². The highest BCUT2D eigenvalue weighted by molar-refractivity contribution is 5.86. The van der Waals surface area contributed by atoms with Crippen molar-refractivity contribution in [1.82, 2.24) is 0 Å². The van der Waals surface area contributed by atoms with Crippen molar-refractivity contribution in [3.8, 4) is 0 Å². The van der Waals surface area contributed by atoms with Crippen LogP contribution in [0.25, 0.3) is 0 Å². The topological polar surface area (TPSA) is 24.7 Å². The molecule has 23 heavy (non-hydrogen) atoms. The molecule has 0 bridgehead atoms. The molecule has 0 saturated heterocycles. The van der Waals surface area contributed by atoms with Crippen LogP contribution in [0.2, 0.25) is 0 Å². The van der Waals surface area contributed by atoms with Crippen molar-refractivity contribution in [3.63, 3.8) is 0 Å². The Kier molecular flexibility index (Phi) is 4.75. The molecule has 0 heterocycles. The van der Waals surface area contributed by atoms with E-state index in [0.29, 0.717) is 0 Å². The van der Waals surface area contributed by atoms with Crippen LogP contribution in [-0.4, -0.2) is 12.4 Å². The van der Waals surface area contributed by atoms with Crippen LogP contribution in [0.1, 0.15) is 16.7 Å². The fourth-order valence-corrected chi connectivity index (χ4v) is 2.21. The third kappa shape index (κ3) is 4.24. The van der Waals surface area contributed by atoms with Crippen LogP contribution < -0.4 is 0 Å². The highest BCUT2D eigenvalue weighted by atomic mass is 14.8. The Balaban J connectivity index is 1.89.